The molecular weight excluding hydrogens is 356 g/mol. The molecule has 2 aliphatic rings. The van der Waals surface area contributed by atoms with Crippen LogP contribution >= 0.6 is 11.6 Å². The molecule has 2 aromatic rings. The molecule has 4 heteroatoms. The first-order valence-electron chi connectivity index (χ1n) is 9.96. The minimum Gasteiger partial charge on any atom is -0.355 e. The number of carbonyl (C=O) groups excluding carboxylic acids is 1. The van der Waals surface area contributed by atoms with Gasteiger partial charge in [-0.2, -0.15) is 0 Å². The summed E-state index contributed by atoms with van der Waals surface area (Å²) in [7, 11) is 0. The highest BCUT2D eigenvalue weighted by molar-refractivity contribution is 6.30. The zero-order valence-electron chi connectivity index (χ0n) is 15.7. The van der Waals surface area contributed by atoms with Crippen LogP contribution in [0.5, 0.6) is 0 Å². The lowest BCUT2D eigenvalue weighted by Crippen LogP contribution is -2.43. The van der Waals surface area contributed by atoms with Crippen LogP contribution in [-0.4, -0.2) is 30.4 Å². The number of likely N-dealkylation sites (tertiary alicyclic amines) is 1. The molecule has 0 radical (unpaired) electrons. The third-order valence-corrected chi connectivity index (χ3v) is 6.24. The molecule has 1 atom stereocenters. The van der Waals surface area contributed by atoms with Crippen molar-refractivity contribution in [3.8, 4) is 0 Å². The van der Waals surface area contributed by atoms with Gasteiger partial charge in [0.2, 0.25) is 5.91 Å². The van der Waals surface area contributed by atoms with E-state index in [-0.39, 0.29) is 11.3 Å². The summed E-state index contributed by atoms with van der Waals surface area (Å²) in [6.45, 7) is 3.98. The lowest BCUT2D eigenvalue weighted by atomic mass is 9.93. The monoisotopic (exact) mass is 382 g/mol. The van der Waals surface area contributed by atoms with Gasteiger partial charge in [0.05, 0.1) is 5.41 Å². The number of amides is 1. The molecule has 0 bridgehead atoms. The first-order valence-corrected chi connectivity index (χ1v) is 10.3. The average molecular weight is 383 g/mol. The maximum atomic E-state index is 12.9. The van der Waals surface area contributed by atoms with Crippen molar-refractivity contribution in [1.29, 1.82) is 0 Å². The molecule has 0 unspecified atom stereocenters. The van der Waals surface area contributed by atoms with Gasteiger partial charge in [0.15, 0.2) is 0 Å². The smallest absolute Gasteiger partial charge is 0.230 e. The van der Waals surface area contributed by atoms with Crippen LogP contribution in [0.15, 0.2) is 54.6 Å². The molecule has 1 heterocycles. The van der Waals surface area contributed by atoms with Crippen molar-refractivity contribution in [2.75, 3.05) is 19.6 Å². The van der Waals surface area contributed by atoms with E-state index >= 15 is 0 Å². The second-order valence-electron chi connectivity index (χ2n) is 8.03. The van der Waals surface area contributed by atoms with Crippen molar-refractivity contribution < 1.29 is 4.79 Å². The van der Waals surface area contributed by atoms with Gasteiger partial charge >= 0.3 is 0 Å². The fourth-order valence-electron chi connectivity index (χ4n) is 4.25. The second-order valence-corrected chi connectivity index (χ2v) is 8.46. The van der Waals surface area contributed by atoms with Crippen LogP contribution in [0.4, 0.5) is 0 Å². The van der Waals surface area contributed by atoms with Crippen molar-refractivity contribution in [2.24, 2.45) is 5.92 Å². The highest BCUT2D eigenvalue weighted by Gasteiger charge is 2.51. The molecule has 4 rings (SSSR count). The van der Waals surface area contributed by atoms with E-state index in [4.69, 9.17) is 11.6 Å². The van der Waals surface area contributed by atoms with Gasteiger partial charge in [0, 0.05) is 24.7 Å². The Labute approximate surface area is 166 Å². The number of hydrogen-bond acceptors (Lipinski definition) is 2. The zero-order chi connectivity index (χ0) is 18.7. The summed E-state index contributed by atoms with van der Waals surface area (Å²) in [4.78, 5) is 15.4. The molecule has 1 amide bonds. The van der Waals surface area contributed by atoms with E-state index in [1.807, 2.05) is 24.3 Å². The number of rotatable bonds is 6. The Kier molecular flexibility index (Phi) is 5.51. The maximum Gasteiger partial charge on any atom is 0.230 e. The summed E-state index contributed by atoms with van der Waals surface area (Å²) in [5.41, 5.74) is 2.14. The molecule has 1 aliphatic carbocycles. The fraction of sp³-hybridized carbons (Fsp3) is 0.435. The van der Waals surface area contributed by atoms with Gasteiger partial charge in [0.1, 0.15) is 0 Å². The van der Waals surface area contributed by atoms with Crippen LogP contribution < -0.4 is 5.32 Å². The van der Waals surface area contributed by atoms with Crippen molar-refractivity contribution >= 4 is 17.5 Å². The summed E-state index contributed by atoms with van der Waals surface area (Å²) >= 11 is 5.99. The van der Waals surface area contributed by atoms with Crippen molar-refractivity contribution in [2.45, 2.75) is 37.6 Å². The lowest BCUT2D eigenvalue weighted by Gasteiger charge is -2.33. The summed E-state index contributed by atoms with van der Waals surface area (Å²) in [6, 6.07) is 18.4. The zero-order valence-corrected chi connectivity index (χ0v) is 16.4. The first kappa shape index (κ1) is 18.5. The first-order chi connectivity index (χ1) is 13.2. The molecule has 1 saturated heterocycles. The molecule has 0 aromatic heterocycles. The maximum absolute atomic E-state index is 12.9. The highest BCUT2D eigenvalue weighted by Crippen LogP contribution is 2.48. The third kappa shape index (κ3) is 4.36. The molecular formula is C23H27ClN2O. The van der Waals surface area contributed by atoms with Crippen molar-refractivity contribution in [3.05, 3.63) is 70.7 Å². The quantitative estimate of drug-likeness (QED) is 0.803. The molecule has 142 valence electrons. The standard InChI is InChI=1S/C23H27ClN2O/c24-21-10-8-20(9-11-21)23(12-13-23)22(27)25-15-19-7-4-14-26(17-19)16-18-5-2-1-3-6-18/h1-3,5-6,8-11,19H,4,7,12-17H2,(H,25,27)/t19-/m1/s1. The van der Waals surface area contributed by atoms with Crippen LogP contribution in [0.25, 0.3) is 0 Å². The van der Waals surface area contributed by atoms with Crippen LogP contribution in [0.2, 0.25) is 5.02 Å². The molecule has 1 aliphatic heterocycles. The van der Waals surface area contributed by atoms with E-state index < -0.39 is 0 Å². The van der Waals surface area contributed by atoms with Gasteiger partial charge in [0.25, 0.3) is 0 Å². The molecule has 27 heavy (non-hydrogen) atoms. The van der Waals surface area contributed by atoms with Gasteiger partial charge < -0.3 is 5.32 Å². The number of nitrogens with one attached hydrogen (secondary N) is 1. The minimum absolute atomic E-state index is 0.185. The Bertz CT molecular complexity index is 771. The van der Waals surface area contributed by atoms with Gasteiger partial charge in [-0.1, -0.05) is 54.1 Å². The third-order valence-electron chi connectivity index (χ3n) is 5.98. The Morgan fingerprint density at radius 2 is 1.85 bits per heavy atom. The van der Waals surface area contributed by atoms with E-state index in [9.17, 15) is 4.79 Å². The van der Waals surface area contributed by atoms with Crippen LogP contribution in [0, 0.1) is 5.92 Å². The number of carbonyl (C=O) groups is 1. The fourth-order valence-corrected chi connectivity index (χ4v) is 4.38. The Balaban J connectivity index is 1.30. The summed E-state index contributed by atoms with van der Waals surface area (Å²) in [5.74, 6) is 0.720. The summed E-state index contributed by atoms with van der Waals surface area (Å²) in [5, 5.41) is 3.97. The van der Waals surface area contributed by atoms with Gasteiger partial charge in [-0.25, -0.2) is 0 Å². The predicted octanol–water partition coefficient (Wildman–Crippen LogP) is 4.40. The van der Waals surface area contributed by atoms with Crippen molar-refractivity contribution in [1.82, 2.24) is 10.2 Å². The van der Waals surface area contributed by atoms with Crippen LogP contribution in [-0.2, 0) is 16.8 Å². The van der Waals surface area contributed by atoms with E-state index in [1.54, 1.807) is 0 Å². The molecule has 0 spiro atoms. The Hall–Kier alpha value is -1.84. The number of hydrogen-bond donors (Lipinski definition) is 1. The molecule has 1 saturated carbocycles. The van der Waals surface area contributed by atoms with E-state index in [1.165, 1.54) is 18.4 Å². The molecule has 2 aromatic carbocycles. The summed E-state index contributed by atoms with van der Waals surface area (Å²) < 4.78 is 0. The SMILES string of the molecule is O=C(NC[C@H]1CCCN(Cc2ccccc2)C1)C1(c2ccc(Cl)cc2)CC1. The minimum atomic E-state index is -0.316. The Morgan fingerprint density at radius 3 is 2.56 bits per heavy atom. The number of benzene rings is 2. The van der Waals surface area contributed by atoms with E-state index in [0.29, 0.717) is 5.92 Å². The second kappa shape index (κ2) is 8.04. The molecule has 2 fully saturated rings. The predicted molar refractivity (Wildman–Crippen MR) is 110 cm³/mol. The highest BCUT2D eigenvalue weighted by atomic mass is 35.5. The van der Waals surface area contributed by atoms with E-state index in [2.05, 4.69) is 40.5 Å². The van der Waals surface area contributed by atoms with Crippen LogP contribution in [0.1, 0.15) is 36.8 Å². The summed E-state index contributed by atoms with van der Waals surface area (Å²) in [6.07, 6.45) is 4.27. The van der Waals surface area contributed by atoms with Crippen LogP contribution in [0.3, 0.4) is 0 Å². The number of halogens is 1. The van der Waals surface area contributed by atoms with Crippen molar-refractivity contribution in [3.63, 3.8) is 0 Å². The van der Waals surface area contributed by atoms with Gasteiger partial charge in [-0.3, -0.25) is 9.69 Å². The van der Waals surface area contributed by atoms with E-state index in [0.717, 1.165) is 49.6 Å². The normalized spacial score (nSPS) is 21.6. The largest absolute Gasteiger partial charge is 0.355 e. The van der Waals surface area contributed by atoms with Gasteiger partial charge in [-0.05, 0) is 61.4 Å². The number of piperidine rings is 1. The topological polar surface area (TPSA) is 32.3 Å². The van der Waals surface area contributed by atoms with Gasteiger partial charge in [-0.15, -0.1) is 0 Å². The molecule has 3 nitrogen and oxygen atoms in total. The molecule has 1 N–H and O–H groups in total. The lowest BCUT2D eigenvalue weighted by molar-refractivity contribution is -0.123. The number of nitrogens with zero attached hydrogens (tertiary/aromatic N) is 1. The Morgan fingerprint density at radius 1 is 1.11 bits per heavy atom. The average Bonchev–Trinajstić information content (AvgIpc) is 3.50.